The number of carbonyl (C=O) groups is 2. The first-order valence-electron chi connectivity index (χ1n) is 10.5. The van der Waals surface area contributed by atoms with Crippen LogP contribution in [0.5, 0.6) is 0 Å². The maximum atomic E-state index is 12.9. The number of nitrogens with one attached hydrogen (secondary N) is 1. The molecule has 31 heavy (non-hydrogen) atoms. The third-order valence-electron chi connectivity index (χ3n) is 6.11. The first kappa shape index (κ1) is 21.0. The van der Waals surface area contributed by atoms with Gasteiger partial charge in [0.15, 0.2) is 11.3 Å². The standard InChI is InChI=1S/C23H26N4O4/c1-15-19(21(29)27(25-15)17-11-6-3-7-12-17)24-26-23(22(30)31)14-8-13-18(20(23)28)16-9-4-2-5-10-16/h2,4-5,8-10,13-14,17,20,26,28H,3,6-7,11-12H2,1H3,(H,30,31)/b24-19-. The van der Waals surface area contributed by atoms with Gasteiger partial charge in [0, 0.05) is 0 Å². The number of aliphatic carboxylic acids is 1. The number of aliphatic hydroxyl groups excluding tert-OH is 1. The van der Waals surface area contributed by atoms with Crippen molar-refractivity contribution in [2.45, 2.75) is 56.7 Å². The average Bonchev–Trinajstić information content (AvgIpc) is 3.07. The number of rotatable bonds is 5. The van der Waals surface area contributed by atoms with E-state index in [9.17, 15) is 19.8 Å². The number of hydrogen-bond acceptors (Lipinski definition) is 6. The molecule has 1 saturated carbocycles. The number of hydrogen-bond donors (Lipinski definition) is 3. The highest BCUT2D eigenvalue weighted by Gasteiger charge is 2.47. The quantitative estimate of drug-likeness (QED) is 0.630. The topological polar surface area (TPSA) is 115 Å². The Kier molecular flexibility index (Phi) is 5.73. The van der Waals surface area contributed by atoms with Crippen LogP contribution in [0.4, 0.5) is 0 Å². The van der Waals surface area contributed by atoms with Gasteiger partial charge in [-0.15, -0.1) is 0 Å². The number of nitrogens with zero attached hydrogens (tertiary/aromatic N) is 3. The SMILES string of the molecule is CC1=NN(C2CCCCC2)C(=O)/C1=N\NC1(C(=O)O)C=CC=C(c2ccccc2)C1O. The van der Waals surface area contributed by atoms with Gasteiger partial charge in [-0.1, -0.05) is 61.7 Å². The smallest absolute Gasteiger partial charge is 0.338 e. The molecular formula is C23H26N4O4. The molecule has 0 radical (unpaired) electrons. The lowest BCUT2D eigenvalue weighted by Crippen LogP contribution is -2.58. The van der Waals surface area contributed by atoms with E-state index in [0.29, 0.717) is 16.8 Å². The van der Waals surface area contributed by atoms with Crippen molar-refractivity contribution in [1.29, 1.82) is 0 Å². The Bertz CT molecular complexity index is 992. The van der Waals surface area contributed by atoms with Gasteiger partial charge >= 0.3 is 5.97 Å². The molecule has 0 aromatic heterocycles. The van der Waals surface area contributed by atoms with Crippen molar-refractivity contribution in [2.24, 2.45) is 10.2 Å². The normalized spacial score (nSPS) is 27.9. The van der Waals surface area contributed by atoms with E-state index >= 15 is 0 Å². The van der Waals surface area contributed by atoms with Gasteiger partial charge < -0.3 is 10.2 Å². The number of carboxylic acids is 1. The van der Waals surface area contributed by atoms with E-state index in [-0.39, 0.29) is 17.7 Å². The molecule has 2 aliphatic carbocycles. The van der Waals surface area contributed by atoms with Crippen molar-refractivity contribution < 1.29 is 19.8 Å². The van der Waals surface area contributed by atoms with Gasteiger partial charge in [0.1, 0.15) is 6.10 Å². The second-order valence-electron chi connectivity index (χ2n) is 8.12. The number of hydrazone groups is 2. The first-order valence-corrected chi connectivity index (χ1v) is 10.5. The molecule has 1 fully saturated rings. The molecule has 4 rings (SSSR count). The predicted octanol–water partition coefficient (Wildman–Crippen LogP) is 2.32. The van der Waals surface area contributed by atoms with Crippen LogP contribution in [0.3, 0.4) is 0 Å². The van der Waals surface area contributed by atoms with Crippen LogP contribution in [-0.4, -0.2) is 56.2 Å². The zero-order chi connectivity index (χ0) is 22.0. The van der Waals surface area contributed by atoms with Crippen molar-refractivity contribution >= 4 is 28.9 Å². The van der Waals surface area contributed by atoms with Crippen LogP contribution in [0.25, 0.3) is 5.57 Å². The van der Waals surface area contributed by atoms with Gasteiger partial charge in [0.25, 0.3) is 5.91 Å². The van der Waals surface area contributed by atoms with Crippen LogP contribution >= 0.6 is 0 Å². The van der Waals surface area contributed by atoms with Gasteiger partial charge in [0.2, 0.25) is 0 Å². The third kappa shape index (κ3) is 3.79. The average molecular weight is 422 g/mol. The summed E-state index contributed by atoms with van der Waals surface area (Å²) in [5.74, 6) is -1.64. The Labute approximate surface area is 180 Å². The molecule has 1 heterocycles. The molecule has 2 unspecified atom stereocenters. The summed E-state index contributed by atoms with van der Waals surface area (Å²) < 4.78 is 0. The lowest BCUT2D eigenvalue weighted by atomic mass is 9.81. The van der Waals surface area contributed by atoms with Crippen LogP contribution in [0.2, 0.25) is 0 Å². The fourth-order valence-electron chi connectivity index (χ4n) is 4.32. The van der Waals surface area contributed by atoms with Crippen LogP contribution in [0.15, 0.2) is 58.8 Å². The van der Waals surface area contributed by atoms with Crippen molar-refractivity contribution in [3.05, 3.63) is 54.1 Å². The highest BCUT2D eigenvalue weighted by Crippen LogP contribution is 2.31. The molecule has 0 bridgehead atoms. The van der Waals surface area contributed by atoms with Crippen molar-refractivity contribution in [3.63, 3.8) is 0 Å². The minimum atomic E-state index is -1.91. The maximum absolute atomic E-state index is 12.9. The Morgan fingerprint density at radius 1 is 1.23 bits per heavy atom. The Morgan fingerprint density at radius 2 is 1.94 bits per heavy atom. The monoisotopic (exact) mass is 422 g/mol. The predicted molar refractivity (Wildman–Crippen MR) is 117 cm³/mol. The Hall–Kier alpha value is -3.26. The lowest BCUT2D eigenvalue weighted by Gasteiger charge is -2.34. The highest BCUT2D eigenvalue weighted by atomic mass is 16.4. The van der Waals surface area contributed by atoms with E-state index in [2.05, 4.69) is 15.6 Å². The summed E-state index contributed by atoms with van der Waals surface area (Å²) in [7, 11) is 0. The Morgan fingerprint density at radius 3 is 2.61 bits per heavy atom. The number of amides is 1. The zero-order valence-corrected chi connectivity index (χ0v) is 17.4. The van der Waals surface area contributed by atoms with E-state index in [1.54, 1.807) is 31.2 Å². The van der Waals surface area contributed by atoms with E-state index in [1.807, 2.05) is 18.2 Å². The van der Waals surface area contributed by atoms with Gasteiger partial charge in [0.05, 0.1) is 11.8 Å². The summed E-state index contributed by atoms with van der Waals surface area (Å²) in [6.45, 7) is 1.68. The number of carbonyl (C=O) groups excluding carboxylic acids is 1. The third-order valence-corrected chi connectivity index (χ3v) is 6.11. The molecule has 8 nitrogen and oxygen atoms in total. The molecule has 3 N–H and O–H groups in total. The lowest BCUT2D eigenvalue weighted by molar-refractivity contribution is -0.145. The number of allylic oxidation sites excluding steroid dienone is 2. The number of carboxylic acid groups (broad SMARTS) is 1. The molecule has 8 heteroatoms. The maximum Gasteiger partial charge on any atom is 0.338 e. The molecule has 0 saturated heterocycles. The molecule has 1 aliphatic heterocycles. The van der Waals surface area contributed by atoms with Crippen molar-refractivity contribution in [2.75, 3.05) is 0 Å². The second kappa shape index (κ2) is 8.47. The van der Waals surface area contributed by atoms with Crippen molar-refractivity contribution in [3.8, 4) is 0 Å². The van der Waals surface area contributed by atoms with Crippen LogP contribution in [-0.2, 0) is 9.59 Å². The number of benzene rings is 1. The van der Waals surface area contributed by atoms with Gasteiger partial charge in [-0.25, -0.2) is 9.80 Å². The summed E-state index contributed by atoms with van der Waals surface area (Å²) in [5.41, 5.74) is 2.34. The van der Waals surface area contributed by atoms with E-state index in [0.717, 1.165) is 32.1 Å². The summed E-state index contributed by atoms with van der Waals surface area (Å²) in [6, 6.07) is 9.11. The summed E-state index contributed by atoms with van der Waals surface area (Å²) in [4.78, 5) is 25.2. The minimum Gasteiger partial charge on any atom is -0.479 e. The largest absolute Gasteiger partial charge is 0.479 e. The van der Waals surface area contributed by atoms with E-state index < -0.39 is 17.6 Å². The summed E-state index contributed by atoms with van der Waals surface area (Å²) >= 11 is 0. The molecule has 1 amide bonds. The van der Waals surface area contributed by atoms with Crippen LogP contribution in [0.1, 0.15) is 44.6 Å². The first-order chi connectivity index (χ1) is 14.9. The van der Waals surface area contributed by atoms with Gasteiger partial charge in [-0.2, -0.15) is 10.2 Å². The molecule has 3 aliphatic rings. The Balaban J connectivity index is 1.59. The summed E-state index contributed by atoms with van der Waals surface area (Å²) in [6.07, 6.45) is 8.25. The molecule has 162 valence electrons. The van der Waals surface area contributed by atoms with E-state index in [1.165, 1.54) is 11.1 Å². The van der Waals surface area contributed by atoms with Crippen LogP contribution in [0, 0.1) is 0 Å². The van der Waals surface area contributed by atoms with Gasteiger partial charge in [-0.3, -0.25) is 10.2 Å². The molecule has 1 aromatic rings. The van der Waals surface area contributed by atoms with Crippen molar-refractivity contribution in [1.82, 2.24) is 10.4 Å². The number of aliphatic hydroxyl groups is 1. The van der Waals surface area contributed by atoms with Crippen LogP contribution < -0.4 is 5.43 Å². The fourth-order valence-corrected chi connectivity index (χ4v) is 4.32. The summed E-state index contributed by atoms with van der Waals surface area (Å²) in [5, 5.41) is 31.0. The minimum absolute atomic E-state index is 0.0464. The fraction of sp³-hybridized carbons (Fsp3) is 0.391. The van der Waals surface area contributed by atoms with Gasteiger partial charge in [-0.05, 0) is 37.0 Å². The highest BCUT2D eigenvalue weighted by molar-refractivity contribution is 6.68. The molecular weight excluding hydrogens is 396 g/mol. The molecule has 0 spiro atoms. The van der Waals surface area contributed by atoms with E-state index in [4.69, 9.17) is 0 Å². The zero-order valence-electron chi connectivity index (χ0n) is 17.4. The molecule has 2 atom stereocenters. The molecule has 1 aromatic carbocycles. The second-order valence-corrected chi connectivity index (χ2v) is 8.12.